The molecule has 6 nitrogen and oxygen atoms in total. The maximum Gasteiger partial charge on any atom is 0.358 e. The Morgan fingerprint density at radius 2 is 2.00 bits per heavy atom. The maximum absolute atomic E-state index is 11.2. The molecule has 20 heavy (non-hydrogen) atoms. The zero-order valence-corrected chi connectivity index (χ0v) is 11.4. The summed E-state index contributed by atoms with van der Waals surface area (Å²) in [5, 5.41) is 26.2. The number of carboxylic acids is 1. The van der Waals surface area contributed by atoms with Gasteiger partial charge in [0.15, 0.2) is 5.69 Å². The lowest BCUT2D eigenvalue weighted by atomic mass is 10.1. The fraction of sp³-hybridized carbons (Fsp3) is 0.308. The van der Waals surface area contributed by atoms with E-state index in [0.29, 0.717) is 30.1 Å². The van der Waals surface area contributed by atoms with Gasteiger partial charge in [-0.15, -0.1) is 5.10 Å². The molecule has 0 bridgehead atoms. The molecule has 0 saturated heterocycles. The number of aromatic nitrogens is 3. The van der Waals surface area contributed by atoms with Gasteiger partial charge in [-0.2, -0.15) is 0 Å². The van der Waals surface area contributed by atoms with E-state index in [9.17, 15) is 4.79 Å². The third-order valence-corrected chi connectivity index (χ3v) is 3.11. The SMILES string of the molecule is O=C(O)c1nnn(CCCO)c1Cc1ccc(Cl)cc1. The predicted octanol–water partition coefficient (Wildman–Crippen LogP) is 1.60. The highest BCUT2D eigenvalue weighted by Crippen LogP contribution is 2.16. The van der Waals surface area contributed by atoms with Crippen LogP contribution in [0.1, 0.15) is 28.2 Å². The van der Waals surface area contributed by atoms with E-state index >= 15 is 0 Å². The Labute approximate surface area is 120 Å². The number of hydrogen-bond acceptors (Lipinski definition) is 4. The van der Waals surface area contributed by atoms with E-state index in [-0.39, 0.29) is 12.3 Å². The number of benzene rings is 1. The third-order valence-electron chi connectivity index (χ3n) is 2.85. The second kappa shape index (κ2) is 6.49. The van der Waals surface area contributed by atoms with E-state index in [4.69, 9.17) is 21.8 Å². The van der Waals surface area contributed by atoms with Crippen LogP contribution in [0.4, 0.5) is 0 Å². The molecule has 0 unspecified atom stereocenters. The van der Waals surface area contributed by atoms with Gasteiger partial charge in [-0.25, -0.2) is 9.48 Å². The molecule has 0 aliphatic heterocycles. The van der Waals surface area contributed by atoms with Crippen LogP contribution < -0.4 is 0 Å². The molecule has 0 aliphatic rings. The minimum absolute atomic E-state index is 0.0165. The molecule has 2 aromatic rings. The van der Waals surface area contributed by atoms with E-state index in [0.717, 1.165) is 5.56 Å². The second-order valence-corrected chi connectivity index (χ2v) is 4.73. The van der Waals surface area contributed by atoms with Gasteiger partial charge in [0.1, 0.15) is 0 Å². The number of aliphatic hydroxyl groups is 1. The Kier molecular flexibility index (Phi) is 4.70. The highest BCUT2D eigenvalue weighted by Gasteiger charge is 2.18. The zero-order chi connectivity index (χ0) is 14.5. The molecule has 1 aromatic carbocycles. The van der Waals surface area contributed by atoms with Crippen LogP contribution >= 0.6 is 11.6 Å². The van der Waals surface area contributed by atoms with Crippen molar-refractivity contribution in [3.63, 3.8) is 0 Å². The van der Waals surface area contributed by atoms with Crippen molar-refractivity contribution in [2.75, 3.05) is 6.61 Å². The van der Waals surface area contributed by atoms with Gasteiger partial charge in [0.2, 0.25) is 0 Å². The van der Waals surface area contributed by atoms with Crippen LogP contribution in [-0.4, -0.2) is 37.8 Å². The first-order valence-electron chi connectivity index (χ1n) is 6.12. The van der Waals surface area contributed by atoms with Crippen LogP contribution in [0.25, 0.3) is 0 Å². The molecule has 1 heterocycles. The number of carboxylic acid groups (broad SMARTS) is 1. The van der Waals surface area contributed by atoms with Gasteiger partial charge >= 0.3 is 5.97 Å². The van der Waals surface area contributed by atoms with E-state index in [1.165, 1.54) is 4.68 Å². The lowest BCUT2D eigenvalue weighted by molar-refractivity contribution is 0.0689. The summed E-state index contributed by atoms with van der Waals surface area (Å²) in [5.41, 5.74) is 1.38. The lowest BCUT2D eigenvalue weighted by Crippen LogP contribution is -2.10. The third kappa shape index (κ3) is 3.34. The molecule has 106 valence electrons. The lowest BCUT2D eigenvalue weighted by Gasteiger charge is -2.06. The van der Waals surface area contributed by atoms with Crippen molar-refractivity contribution in [3.8, 4) is 0 Å². The number of hydrogen-bond donors (Lipinski definition) is 2. The molecule has 0 radical (unpaired) electrons. The summed E-state index contributed by atoms with van der Waals surface area (Å²) in [6.07, 6.45) is 0.896. The van der Waals surface area contributed by atoms with E-state index in [2.05, 4.69) is 10.3 Å². The van der Waals surface area contributed by atoms with Crippen LogP contribution in [0.3, 0.4) is 0 Å². The normalized spacial score (nSPS) is 10.7. The summed E-state index contributed by atoms with van der Waals surface area (Å²) >= 11 is 5.82. The highest BCUT2D eigenvalue weighted by molar-refractivity contribution is 6.30. The zero-order valence-electron chi connectivity index (χ0n) is 10.7. The summed E-state index contributed by atoms with van der Waals surface area (Å²) in [7, 11) is 0. The van der Waals surface area contributed by atoms with Gasteiger partial charge in [0, 0.05) is 24.6 Å². The maximum atomic E-state index is 11.2. The molecule has 0 aliphatic carbocycles. The summed E-state index contributed by atoms with van der Waals surface area (Å²) in [6, 6.07) is 7.16. The first-order valence-corrected chi connectivity index (χ1v) is 6.50. The standard InChI is InChI=1S/C13H14ClN3O3/c14-10-4-2-9(3-5-10)8-11-12(13(19)20)15-16-17(11)6-1-7-18/h2-5,18H,1,6-8H2,(H,19,20). The second-order valence-electron chi connectivity index (χ2n) is 4.29. The van der Waals surface area contributed by atoms with E-state index in [1.54, 1.807) is 12.1 Å². The largest absolute Gasteiger partial charge is 0.476 e. The average Bonchev–Trinajstić information content (AvgIpc) is 2.82. The Morgan fingerprint density at radius 1 is 1.30 bits per heavy atom. The number of carbonyl (C=O) groups is 1. The van der Waals surface area contributed by atoms with Crippen molar-refractivity contribution in [1.82, 2.24) is 15.0 Å². The predicted molar refractivity (Wildman–Crippen MR) is 72.9 cm³/mol. The number of halogens is 1. The van der Waals surface area contributed by atoms with E-state index in [1.807, 2.05) is 12.1 Å². The number of aryl methyl sites for hydroxylation is 1. The van der Waals surface area contributed by atoms with Crippen molar-refractivity contribution >= 4 is 17.6 Å². The van der Waals surface area contributed by atoms with Crippen LogP contribution in [0, 0.1) is 0 Å². The smallest absolute Gasteiger partial charge is 0.358 e. The summed E-state index contributed by atoms with van der Waals surface area (Å²) < 4.78 is 1.52. The Bertz CT molecular complexity index is 595. The van der Waals surface area contributed by atoms with Crippen molar-refractivity contribution < 1.29 is 15.0 Å². The van der Waals surface area contributed by atoms with Gasteiger partial charge in [0.05, 0.1) is 5.69 Å². The quantitative estimate of drug-likeness (QED) is 0.845. The van der Waals surface area contributed by atoms with Crippen molar-refractivity contribution in [2.24, 2.45) is 0 Å². The van der Waals surface area contributed by atoms with Crippen LogP contribution in [0.15, 0.2) is 24.3 Å². The molecule has 1 aromatic heterocycles. The van der Waals surface area contributed by atoms with E-state index < -0.39 is 5.97 Å². The molecule has 7 heteroatoms. The average molecular weight is 296 g/mol. The first kappa shape index (κ1) is 14.5. The molecule has 2 rings (SSSR count). The molecule has 0 spiro atoms. The van der Waals surface area contributed by atoms with Gasteiger partial charge in [0.25, 0.3) is 0 Å². The minimum atomic E-state index is -1.11. The highest BCUT2D eigenvalue weighted by atomic mass is 35.5. The number of aromatic carboxylic acids is 1. The van der Waals surface area contributed by atoms with Crippen molar-refractivity contribution in [1.29, 1.82) is 0 Å². The number of aliphatic hydroxyl groups excluding tert-OH is 1. The fourth-order valence-electron chi connectivity index (χ4n) is 1.87. The molecule has 0 amide bonds. The van der Waals surface area contributed by atoms with Crippen LogP contribution in [-0.2, 0) is 13.0 Å². The fourth-order valence-corrected chi connectivity index (χ4v) is 2.00. The van der Waals surface area contributed by atoms with Crippen molar-refractivity contribution in [2.45, 2.75) is 19.4 Å². The molecule has 0 atom stereocenters. The Morgan fingerprint density at radius 3 is 2.60 bits per heavy atom. The number of rotatable bonds is 6. The van der Waals surface area contributed by atoms with Gasteiger partial charge in [-0.3, -0.25) is 0 Å². The first-order chi connectivity index (χ1) is 9.61. The van der Waals surface area contributed by atoms with Gasteiger partial charge < -0.3 is 10.2 Å². The summed E-state index contributed by atoms with van der Waals surface area (Å²) in [5.74, 6) is -1.11. The minimum Gasteiger partial charge on any atom is -0.476 e. The Balaban J connectivity index is 2.29. The summed E-state index contributed by atoms with van der Waals surface area (Å²) in [4.78, 5) is 11.2. The molecule has 2 N–H and O–H groups in total. The summed E-state index contributed by atoms with van der Waals surface area (Å²) in [6.45, 7) is 0.447. The molecule has 0 saturated carbocycles. The monoisotopic (exact) mass is 295 g/mol. The van der Waals surface area contributed by atoms with Crippen LogP contribution in [0.5, 0.6) is 0 Å². The topological polar surface area (TPSA) is 88.2 Å². The molecular weight excluding hydrogens is 282 g/mol. The Hall–Kier alpha value is -1.92. The molecule has 0 fully saturated rings. The molecular formula is C13H14ClN3O3. The van der Waals surface area contributed by atoms with Crippen molar-refractivity contribution in [3.05, 3.63) is 46.2 Å². The van der Waals surface area contributed by atoms with Gasteiger partial charge in [-0.1, -0.05) is 28.9 Å². The van der Waals surface area contributed by atoms with Gasteiger partial charge in [-0.05, 0) is 24.1 Å². The number of nitrogens with zero attached hydrogens (tertiary/aromatic N) is 3. The van der Waals surface area contributed by atoms with Crippen LogP contribution in [0.2, 0.25) is 5.02 Å².